The number of ether oxygens (including phenoxy) is 2. The van der Waals surface area contributed by atoms with Gasteiger partial charge >= 0.3 is 0 Å². The lowest BCUT2D eigenvalue weighted by atomic mass is 9.81. The van der Waals surface area contributed by atoms with Gasteiger partial charge in [0.05, 0.1) is 0 Å². The smallest absolute Gasteiger partial charge is 0.131 e. The van der Waals surface area contributed by atoms with Gasteiger partial charge in [0, 0.05) is 11.6 Å². The maximum atomic E-state index is 6.56. The second-order valence-corrected chi connectivity index (χ2v) is 11.3. The van der Waals surface area contributed by atoms with Gasteiger partial charge in [-0.2, -0.15) is 0 Å². The zero-order valence-corrected chi connectivity index (χ0v) is 22.0. The summed E-state index contributed by atoms with van der Waals surface area (Å²) in [7, 11) is 0. The minimum atomic E-state index is -0.0989. The first-order valence-electron chi connectivity index (χ1n) is 12.3. The zero-order valence-electron chi connectivity index (χ0n) is 22.0. The first-order chi connectivity index (χ1) is 16.5. The molecule has 0 atom stereocenters. The van der Waals surface area contributed by atoms with Crippen LogP contribution >= 0.6 is 0 Å². The van der Waals surface area contributed by atoms with Crippen LogP contribution < -0.4 is 9.47 Å². The van der Waals surface area contributed by atoms with Gasteiger partial charge in [-0.1, -0.05) is 96.1 Å². The normalized spacial score (nSPS) is 11.9. The van der Waals surface area contributed by atoms with Gasteiger partial charge in [-0.3, -0.25) is 0 Å². The average Bonchev–Trinajstić information content (AvgIpc) is 2.78. The van der Waals surface area contributed by atoms with Crippen molar-refractivity contribution in [2.45, 2.75) is 59.3 Å². The van der Waals surface area contributed by atoms with Crippen LogP contribution in [0.4, 0.5) is 0 Å². The molecule has 0 N–H and O–H groups in total. The highest BCUT2D eigenvalue weighted by Gasteiger charge is 2.24. The number of hydrogen-bond donors (Lipinski definition) is 0. The predicted molar refractivity (Wildman–Crippen MR) is 147 cm³/mol. The van der Waals surface area contributed by atoms with Gasteiger partial charge < -0.3 is 9.47 Å². The number of benzene rings is 4. The van der Waals surface area contributed by atoms with Crippen molar-refractivity contribution in [2.75, 3.05) is 0 Å². The van der Waals surface area contributed by atoms with E-state index in [1.165, 1.54) is 22.3 Å². The molecule has 2 heteroatoms. The summed E-state index contributed by atoms with van der Waals surface area (Å²) in [6, 6.07) is 31.2. The molecule has 4 aromatic rings. The first kappa shape index (κ1) is 24.6. The maximum absolute atomic E-state index is 6.56. The summed E-state index contributed by atoms with van der Waals surface area (Å²) in [5.41, 5.74) is 5.86. The van der Waals surface area contributed by atoms with E-state index < -0.39 is 0 Å². The quantitative estimate of drug-likeness (QED) is 0.292. The molecule has 4 aromatic carbocycles. The van der Waals surface area contributed by atoms with E-state index in [2.05, 4.69) is 109 Å². The summed E-state index contributed by atoms with van der Waals surface area (Å²) in [6.45, 7) is 15.4. The Balaban J connectivity index is 1.69. The van der Waals surface area contributed by atoms with E-state index in [0.29, 0.717) is 0 Å². The topological polar surface area (TPSA) is 18.5 Å². The summed E-state index contributed by atoms with van der Waals surface area (Å²) in [4.78, 5) is 0. The molecular weight excluding hydrogens is 428 g/mol. The largest absolute Gasteiger partial charge is 0.457 e. The van der Waals surface area contributed by atoms with E-state index in [9.17, 15) is 0 Å². The van der Waals surface area contributed by atoms with Crippen LogP contribution in [0, 0.1) is 6.92 Å². The van der Waals surface area contributed by atoms with Crippen LogP contribution in [0.5, 0.6) is 23.0 Å². The number of hydrogen-bond acceptors (Lipinski definition) is 2. The Kier molecular flexibility index (Phi) is 6.76. The molecule has 0 saturated heterocycles. The van der Waals surface area contributed by atoms with Gasteiger partial charge in [-0.25, -0.2) is 0 Å². The molecule has 0 amide bonds. The van der Waals surface area contributed by atoms with Gasteiger partial charge in [0.1, 0.15) is 23.0 Å². The van der Waals surface area contributed by atoms with Crippen LogP contribution in [0.1, 0.15) is 58.2 Å². The van der Waals surface area contributed by atoms with Crippen LogP contribution in [0.15, 0.2) is 91.0 Å². The Morgan fingerprint density at radius 1 is 0.543 bits per heavy atom. The summed E-state index contributed by atoms with van der Waals surface area (Å²) < 4.78 is 12.8. The third-order valence-corrected chi connectivity index (χ3v) is 6.05. The van der Waals surface area contributed by atoms with E-state index in [-0.39, 0.29) is 10.8 Å². The minimum Gasteiger partial charge on any atom is -0.457 e. The summed E-state index contributed by atoms with van der Waals surface area (Å²) in [5, 5.41) is 0. The van der Waals surface area contributed by atoms with Crippen molar-refractivity contribution >= 4 is 0 Å². The van der Waals surface area contributed by atoms with Gasteiger partial charge in [-0.05, 0) is 70.3 Å². The fourth-order valence-electron chi connectivity index (χ4n) is 4.37. The predicted octanol–water partition coefficient (Wildman–Crippen LogP) is 9.84. The average molecular weight is 465 g/mol. The fraction of sp³-hybridized carbons (Fsp3) is 0.273. The molecule has 0 aromatic heterocycles. The van der Waals surface area contributed by atoms with Crippen molar-refractivity contribution in [1.29, 1.82) is 0 Å². The standard InChI is InChI=1S/C33H36O2/c1-23-19-27(34-26-16-11-15-25(21-26)32(2,3)4)22-28(20-23)35-30-18-12-17-29(31(30)33(5,6)7)24-13-9-8-10-14-24/h8-22H,1-7H3. The van der Waals surface area contributed by atoms with Gasteiger partial charge in [0.25, 0.3) is 0 Å². The van der Waals surface area contributed by atoms with Crippen molar-refractivity contribution < 1.29 is 9.47 Å². The van der Waals surface area contributed by atoms with Crippen LogP contribution in [-0.2, 0) is 10.8 Å². The third-order valence-electron chi connectivity index (χ3n) is 6.05. The highest BCUT2D eigenvalue weighted by molar-refractivity contribution is 5.72. The van der Waals surface area contributed by atoms with E-state index in [1.54, 1.807) is 0 Å². The zero-order chi connectivity index (χ0) is 25.2. The monoisotopic (exact) mass is 464 g/mol. The number of aryl methyl sites for hydroxylation is 1. The summed E-state index contributed by atoms with van der Waals surface area (Å²) in [5.74, 6) is 3.23. The SMILES string of the molecule is Cc1cc(Oc2cccc(C(C)(C)C)c2)cc(Oc2cccc(-c3ccccc3)c2C(C)(C)C)c1. The Labute approximate surface area is 210 Å². The molecule has 0 aliphatic rings. The third kappa shape index (κ3) is 5.95. The van der Waals surface area contributed by atoms with Gasteiger partial charge in [-0.15, -0.1) is 0 Å². The Bertz CT molecular complexity index is 1310. The van der Waals surface area contributed by atoms with Gasteiger partial charge in [0.15, 0.2) is 0 Å². The highest BCUT2D eigenvalue weighted by Crippen LogP contribution is 2.42. The highest BCUT2D eigenvalue weighted by atomic mass is 16.5. The maximum Gasteiger partial charge on any atom is 0.131 e. The summed E-state index contributed by atoms with van der Waals surface area (Å²) in [6.07, 6.45) is 0. The molecule has 0 aliphatic carbocycles. The molecule has 0 heterocycles. The molecule has 4 rings (SSSR count). The second-order valence-electron chi connectivity index (χ2n) is 11.3. The van der Waals surface area contributed by atoms with Gasteiger partial charge in [0.2, 0.25) is 0 Å². The van der Waals surface area contributed by atoms with Crippen molar-refractivity contribution in [2.24, 2.45) is 0 Å². The Morgan fingerprint density at radius 3 is 1.86 bits per heavy atom. The summed E-state index contributed by atoms with van der Waals surface area (Å²) >= 11 is 0. The van der Waals surface area contributed by atoms with Crippen molar-refractivity contribution in [3.05, 3.63) is 108 Å². The molecule has 0 aliphatic heterocycles. The molecule has 180 valence electrons. The van der Waals surface area contributed by atoms with Crippen LogP contribution in [-0.4, -0.2) is 0 Å². The molecule has 2 nitrogen and oxygen atoms in total. The molecule has 0 unspecified atom stereocenters. The van der Waals surface area contributed by atoms with Crippen molar-refractivity contribution in [3.8, 4) is 34.1 Å². The van der Waals surface area contributed by atoms with Crippen LogP contribution in [0.3, 0.4) is 0 Å². The molecule has 35 heavy (non-hydrogen) atoms. The van der Waals surface area contributed by atoms with Crippen molar-refractivity contribution in [3.63, 3.8) is 0 Å². The lowest BCUT2D eigenvalue weighted by molar-refractivity contribution is 0.444. The Morgan fingerprint density at radius 2 is 1.20 bits per heavy atom. The lowest BCUT2D eigenvalue weighted by Gasteiger charge is -2.26. The lowest BCUT2D eigenvalue weighted by Crippen LogP contribution is -2.14. The van der Waals surface area contributed by atoms with Crippen LogP contribution in [0.25, 0.3) is 11.1 Å². The fourth-order valence-corrected chi connectivity index (χ4v) is 4.37. The van der Waals surface area contributed by atoms with E-state index in [1.807, 2.05) is 30.3 Å². The first-order valence-corrected chi connectivity index (χ1v) is 12.3. The second kappa shape index (κ2) is 9.62. The van der Waals surface area contributed by atoms with Crippen LogP contribution in [0.2, 0.25) is 0 Å². The van der Waals surface area contributed by atoms with E-state index in [4.69, 9.17) is 9.47 Å². The van der Waals surface area contributed by atoms with Crippen molar-refractivity contribution in [1.82, 2.24) is 0 Å². The molecular formula is C33H36O2. The van der Waals surface area contributed by atoms with E-state index >= 15 is 0 Å². The molecule has 0 saturated carbocycles. The molecule has 0 fully saturated rings. The molecule has 0 bridgehead atoms. The minimum absolute atomic E-state index is 0.0629. The molecule has 0 spiro atoms. The Hall–Kier alpha value is -3.52. The number of rotatable bonds is 5. The molecule has 0 radical (unpaired) electrons. The van der Waals surface area contributed by atoms with E-state index in [0.717, 1.165) is 28.6 Å².